The second kappa shape index (κ2) is 7.47. The highest BCUT2D eigenvalue weighted by atomic mass is 16.5. The summed E-state index contributed by atoms with van der Waals surface area (Å²) in [5.41, 5.74) is 0.583. The molecule has 0 N–H and O–H groups in total. The van der Waals surface area contributed by atoms with E-state index in [9.17, 15) is 9.59 Å². The second-order valence-corrected chi connectivity index (χ2v) is 5.88. The molecular weight excluding hydrogens is 326 g/mol. The molecule has 0 saturated carbocycles. The van der Waals surface area contributed by atoms with Crippen LogP contribution in [0.3, 0.4) is 0 Å². The van der Waals surface area contributed by atoms with E-state index < -0.39 is 5.97 Å². The summed E-state index contributed by atoms with van der Waals surface area (Å²) >= 11 is 0. The molecule has 3 heterocycles. The Kier molecular flexibility index (Phi) is 5.13. The third-order valence-electron chi connectivity index (χ3n) is 4.37. The van der Waals surface area contributed by atoms with Crippen LogP contribution in [-0.2, 0) is 16.1 Å². The van der Waals surface area contributed by atoms with Gasteiger partial charge < -0.3 is 14.0 Å². The van der Waals surface area contributed by atoms with Gasteiger partial charge in [-0.25, -0.2) is 19.3 Å². The summed E-state index contributed by atoms with van der Waals surface area (Å²) < 4.78 is 13.1. The van der Waals surface area contributed by atoms with E-state index in [1.54, 1.807) is 10.7 Å². The van der Waals surface area contributed by atoms with Crippen LogP contribution in [0.4, 0.5) is 0 Å². The van der Waals surface area contributed by atoms with Crippen molar-refractivity contribution in [2.24, 2.45) is 0 Å². The number of esters is 2. The minimum Gasteiger partial charge on any atom is -0.464 e. The highest BCUT2D eigenvalue weighted by molar-refractivity contribution is 5.87. The van der Waals surface area contributed by atoms with E-state index in [4.69, 9.17) is 4.74 Å². The maximum atomic E-state index is 11.8. The molecule has 0 aliphatic carbocycles. The first-order valence-corrected chi connectivity index (χ1v) is 8.07. The molecule has 3 rings (SSSR count). The quantitative estimate of drug-likeness (QED) is 0.744. The topological polar surface area (TPSA) is 91.5 Å². The van der Waals surface area contributed by atoms with Crippen LogP contribution >= 0.6 is 0 Å². The highest BCUT2D eigenvalue weighted by Crippen LogP contribution is 2.25. The van der Waals surface area contributed by atoms with Crippen molar-refractivity contribution in [2.75, 3.05) is 27.3 Å². The summed E-state index contributed by atoms with van der Waals surface area (Å²) in [6, 6.07) is 3.91. The number of hydrogen-bond acceptors (Lipinski definition) is 7. The van der Waals surface area contributed by atoms with Crippen LogP contribution in [0.1, 0.15) is 40.0 Å². The number of hydrogen-bond donors (Lipinski definition) is 0. The summed E-state index contributed by atoms with van der Waals surface area (Å²) in [6.45, 7) is 2.28. The Labute approximate surface area is 145 Å². The third kappa shape index (κ3) is 3.71. The number of carbonyl (C=O) groups excluding carboxylic acids is 2. The van der Waals surface area contributed by atoms with Crippen molar-refractivity contribution >= 4 is 11.9 Å². The lowest BCUT2D eigenvalue weighted by atomic mass is 10.0. The summed E-state index contributed by atoms with van der Waals surface area (Å²) in [4.78, 5) is 29.4. The van der Waals surface area contributed by atoms with Crippen molar-refractivity contribution in [3.63, 3.8) is 0 Å². The number of methoxy groups -OCH3 is 2. The number of nitrogens with zero attached hydrogens (tertiary/aromatic N) is 5. The predicted octanol–water partition coefficient (Wildman–Crippen LogP) is 0.947. The Morgan fingerprint density at radius 3 is 2.60 bits per heavy atom. The molecule has 2 aromatic heterocycles. The maximum Gasteiger partial charge on any atom is 0.377 e. The largest absolute Gasteiger partial charge is 0.464 e. The summed E-state index contributed by atoms with van der Waals surface area (Å²) in [7, 11) is 2.70. The van der Waals surface area contributed by atoms with E-state index in [0.29, 0.717) is 12.4 Å². The fraction of sp³-hybridized carbons (Fsp3) is 0.500. The van der Waals surface area contributed by atoms with Crippen LogP contribution in [0.2, 0.25) is 0 Å². The van der Waals surface area contributed by atoms with Gasteiger partial charge in [0.25, 0.3) is 5.82 Å². The molecular formula is C16H21N5O4. The molecule has 0 radical (unpaired) electrons. The van der Waals surface area contributed by atoms with Crippen molar-refractivity contribution in [2.45, 2.75) is 25.6 Å². The minimum atomic E-state index is -0.541. The lowest BCUT2D eigenvalue weighted by Crippen LogP contribution is -2.36. The Hall–Kier alpha value is -2.68. The fourth-order valence-electron chi connectivity index (χ4n) is 3.08. The van der Waals surface area contributed by atoms with Crippen molar-refractivity contribution in [1.29, 1.82) is 0 Å². The van der Waals surface area contributed by atoms with E-state index in [-0.39, 0.29) is 17.8 Å². The maximum absolute atomic E-state index is 11.8. The normalized spacial score (nSPS) is 15.9. The smallest absolute Gasteiger partial charge is 0.377 e. The molecule has 9 heteroatoms. The Balaban J connectivity index is 1.57. The van der Waals surface area contributed by atoms with Crippen LogP contribution in [0, 0.1) is 0 Å². The minimum absolute atomic E-state index is 0.0625. The monoisotopic (exact) mass is 347 g/mol. The number of aromatic nitrogens is 4. The highest BCUT2D eigenvalue weighted by Gasteiger charge is 2.24. The van der Waals surface area contributed by atoms with Gasteiger partial charge in [-0.15, -0.1) is 5.10 Å². The second-order valence-electron chi connectivity index (χ2n) is 5.88. The summed E-state index contributed by atoms with van der Waals surface area (Å²) in [5.74, 6) is -0.793. The first-order valence-electron chi connectivity index (χ1n) is 8.07. The van der Waals surface area contributed by atoms with Crippen LogP contribution in [-0.4, -0.2) is 63.5 Å². The Bertz CT molecular complexity index is 745. The number of rotatable bonds is 5. The van der Waals surface area contributed by atoms with Crippen LogP contribution in [0.15, 0.2) is 24.7 Å². The molecule has 0 spiro atoms. The molecule has 9 nitrogen and oxygen atoms in total. The first kappa shape index (κ1) is 17.2. The van der Waals surface area contributed by atoms with Crippen molar-refractivity contribution in [3.05, 3.63) is 36.2 Å². The van der Waals surface area contributed by atoms with E-state index in [2.05, 4.69) is 19.7 Å². The van der Waals surface area contributed by atoms with Gasteiger partial charge in [-0.3, -0.25) is 4.90 Å². The van der Waals surface area contributed by atoms with Gasteiger partial charge in [0, 0.05) is 25.3 Å². The molecule has 0 bridgehead atoms. The number of carbonyl (C=O) groups is 2. The average molecular weight is 347 g/mol. The first-order chi connectivity index (χ1) is 12.1. The van der Waals surface area contributed by atoms with Gasteiger partial charge in [0.1, 0.15) is 12.0 Å². The molecule has 0 aromatic carbocycles. The van der Waals surface area contributed by atoms with Crippen LogP contribution in [0.5, 0.6) is 0 Å². The fourth-order valence-corrected chi connectivity index (χ4v) is 3.08. The standard InChI is InChI=1S/C16H21N5O4/c1-24-15(22)13-4-3-7-21(13)12-5-8-19(9-6-12)11-20-10-17-14(18-20)16(23)25-2/h3-4,7,10,12H,5-6,8-9,11H2,1-2H3. The number of likely N-dealkylation sites (tertiary alicyclic amines) is 1. The van der Waals surface area contributed by atoms with Crippen molar-refractivity contribution < 1.29 is 19.1 Å². The zero-order chi connectivity index (χ0) is 17.8. The van der Waals surface area contributed by atoms with Crippen molar-refractivity contribution in [3.8, 4) is 0 Å². The van der Waals surface area contributed by atoms with Gasteiger partial charge in [0.2, 0.25) is 0 Å². The molecule has 1 aliphatic heterocycles. The lowest BCUT2D eigenvalue weighted by Gasteiger charge is -2.33. The molecule has 134 valence electrons. The Morgan fingerprint density at radius 2 is 1.92 bits per heavy atom. The van der Waals surface area contributed by atoms with Crippen LogP contribution in [0.25, 0.3) is 0 Å². The number of piperidine rings is 1. The van der Waals surface area contributed by atoms with E-state index in [1.807, 2.05) is 16.8 Å². The SMILES string of the molecule is COC(=O)c1ncn(CN2CCC(n3cccc3C(=O)OC)CC2)n1. The molecule has 1 fully saturated rings. The van der Waals surface area contributed by atoms with Gasteiger partial charge in [-0.1, -0.05) is 0 Å². The predicted molar refractivity (Wildman–Crippen MR) is 87.0 cm³/mol. The molecule has 25 heavy (non-hydrogen) atoms. The summed E-state index contributed by atoms with van der Waals surface area (Å²) in [6.07, 6.45) is 5.28. The van der Waals surface area contributed by atoms with Crippen molar-refractivity contribution in [1.82, 2.24) is 24.2 Å². The van der Waals surface area contributed by atoms with Gasteiger partial charge >= 0.3 is 11.9 Å². The molecule has 1 saturated heterocycles. The molecule has 0 atom stereocenters. The zero-order valence-electron chi connectivity index (χ0n) is 14.3. The van der Waals surface area contributed by atoms with E-state index in [1.165, 1.54) is 20.5 Å². The lowest BCUT2D eigenvalue weighted by molar-refractivity contribution is 0.0571. The van der Waals surface area contributed by atoms with Gasteiger partial charge in [-0.05, 0) is 25.0 Å². The van der Waals surface area contributed by atoms with Gasteiger partial charge in [0.15, 0.2) is 0 Å². The molecule has 0 unspecified atom stereocenters. The van der Waals surface area contributed by atoms with Gasteiger partial charge in [0.05, 0.1) is 20.9 Å². The third-order valence-corrected chi connectivity index (χ3v) is 4.37. The number of ether oxygens (including phenoxy) is 2. The Morgan fingerprint density at radius 1 is 1.20 bits per heavy atom. The molecule has 0 amide bonds. The van der Waals surface area contributed by atoms with E-state index in [0.717, 1.165) is 25.9 Å². The molecule has 2 aromatic rings. The summed E-state index contributed by atoms with van der Waals surface area (Å²) in [5, 5.41) is 4.12. The zero-order valence-corrected chi connectivity index (χ0v) is 14.3. The molecule has 1 aliphatic rings. The van der Waals surface area contributed by atoms with Gasteiger partial charge in [-0.2, -0.15) is 0 Å². The van der Waals surface area contributed by atoms with E-state index >= 15 is 0 Å². The van der Waals surface area contributed by atoms with Crippen LogP contribution < -0.4 is 0 Å². The average Bonchev–Trinajstić information content (AvgIpc) is 3.30.